The predicted molar refractivity (Wildman–Crippen MR) is 82.9 cm³/mol. The maximum absolute atomic E-state index is 5.10. The van der Waals surface area contributed by atoms with Crippen LogP contribution in [-0.4, -0.2) is 26.8 Å². The molecule has 0 saturated carbocycles. The van der Waals surface area contributed by atoms with Crippen molar-refractivity contribution >= 4 is 0 Å². The van der Waals surface area contributed by atoms with E-state index < -0.39 is 0 Å². The highest BCUT2D eigenvalue weighted by Crippen LogP contribution is 2.32. The van der Waals surface area contributed by atoms with E-state index in [9.17, 15) is 0 Å². The van der Waals surface area contributed by atoms with Crippen LogP contribution in [0.1, 0.15) is 43.4 Å². The van der Waals surface area contributed by atoms with Gasteiger partial charge in [-0.3, -0.25) is 0 Å². The first-order valence-corrected chi connectivity index (χ1v) is 7.37. The summed E-state index contributed by atoms with van der Waals surface area (Å²) in [4.78, 5) is 0. The molecule has 0 atom stereocenters. The lowest BCUT2D eigenvalue weighted by Gasteiger charge is -2.33. The molecule has 0 aliphatic rings. The molecule has 0 unspecified atom stereocenters. The first-order chi connectivity index (χ1) is 9.09. The van der Waals surface area contributed by atoms with Crippen molar-refractivity contribution in [3.8, 4) is 0 Å². The molecule has 1 aromatic rings. The zero-order valence-electron chi connectivity index (χ0n) is 13.2. The zero-order valence-corrected chi connectivity index (χ0v) is 13.2. The van der Waals surface area contributed by atoms with E-state index in [1.807, 2.05) is 0 Å². The van der Waals surface area contributed by atoms with E-state index >= 15 is 0 Å². The Labute approximate surface area is 118 Å². The van der Waals surface area contributed by atoms with Gasteiger partial charge in [-0.1, -0.05) is 32.0 Å². The summed E-state index contributed by atoms with van der Waals surface area (Å²) in [7, 11) is 1.75. The minimum atomic E-state index is 0.242. The van der Waals surface area contributed by atoms with Gasteiger partial charge in [0.15, 0.2) is 0 Å². The lowest BCUT2D eigenvalue weighted by molar-refractivity contribution is 0.195. The molecule has 0 aliphatic carbocycles. The molecule has 1 N–H and O–H groups in total. The van der Waals surface area contributed by atoms with Gasteiger partial charge in [-0.15, -0.1) is 0 Å². The Morgan fingerprint density at radius 3 is 2.32 bits per heavy atom. The molecule has 0 fully saturated rings. The van der Waals surface area contributed by atoms with Gasteiger partial charge in [0, 0.05) is 25.6 Å². The first-order valence-electron chi connectivity index (χ1n) is 7.37. The largest absolute Gasteiger partial charge is 0.383 e. The minimum absolute atomic E-state index is 0.242. The van der Waals surface area contributed by atoms with Crippen LogP contribution in [0, 0.1) is 13.8 Å². The van der Waals surface area contributed by atoms with Crippen LogP contribution >= 0.6 is 0 Å². The van der Waals surface area contributed by atoms with Gasteiger partial charge < -0.3 is 10.1 Å². The quantitative estimate of drug-likeness (QED) is 0.724. The summed E-state index contributed by atoms with van der Waals surface area (Å²) in [6.07, 6.45) is 2.32. The fourth-order valence-electron chi connectivity index (χ4n) is 2.58. The standard InChI is InChI=1S/C17H29NO/c1-6-17(7-2,13-18-10-11-19-5)16-9-8-14(3)15(4)12-16/h8-9,12,18H,6-7,10-11,13H2,1-5H3. The highest BCUT2D eigenvalue weighted by Gasteiger charge is 2.28. The van der Waals surface area contributed by atoms with E-state index in [-0.39, 0.29) is 5.41 Å². The van der Waals surface area contributed by atoms with E-state index in [4.69, 9.17) is 4.74 Å². The van der Waals surface area contributed by atoms with E-state index in [0.29, 0.717) is 0 Å². The number of ether oxygens (including phenoxy) is 1. The Kier molecular flexibility index (Phi) is 6.53. The van der Waals surface area contributed by atoms with Gasteiger partial charge >= 0.3 is 0 Å². The molecule has 108 valence electrons. The van der Waals surface area contributed by atoms with Crippen LogP contribution in [0.25, 0.3) is 0 Å². The number of nitrogens with one attached hydrogen (secondary N) is 1. The first kappa shape index (κ1) is 16.2. The minimum Gasteiger partial charge on any atom is -0.383 e. The monoisotopic (exact) mass is 263 g/mol. The maximum atomic E-state index is 5.10. The topological polar surface area (TPSA) is 21.3 Å². The zero-order chi connectivity index (χ0) is 14.3. The maximum Gasteiger partial charge on any atom is 0.0587 e. The van der Waals surface area contributed by atoms with Crippen molar-refractivity contribution in [3.05, 3.63) is 34.9 Å². The summed E-state index contributed by atoms with van der Waals surface area (Å²) in [5.41, 5.74) is 4.47. The highest BCUT2D eigenvalue weighted by molar-refractivity contribution is 5.35. The van der Waals surface area contributed by atoms with E-state index in [1.54, 1.807) is 7.11 Å². The summed E-state index contributed by atoms with van der Waals surface area (Å²) >= 11 is 0. The smallest absolute Gasteiger partial charge is 0.0587 e. The Morgan fingerprint density at radius 1 is 1.11 bits per heavy atom. The number of hydrogen-bond donors (Lipinski definition) is 1. The van der Waals surface area contributed by atoms with Crippen LogP contribution in [0.3, 0.4) is 0 Å². The molecule has 2 heteroatoms. The van der Waals surface area contributed by atoms with Crippen molar-refractivity contribution in [3.63, 3.8) is 0 Å². The fraction of sp³-hybridized carbons (Fsp3) is 0.647. The van der Waals surface area contributed by atoms with Crippen LogP contribution in [0.5, 0.6) is 0 Å². The summed E-state index contributed by atoms with van der Waals surface area (Å²) in [5.74, 6) is 0. The molecule has 1 aromatic carbocycles. The van der Waals surface area contributed by atoms with Gasteiger partial charge in [-0.25, -0.2) is 0 Å². The average molecular weight is 263 g/mol. The lowest BCUT2D eigenvalue weighted by Crippen LogP contribution is -2.38. The van der Waals surface area contributed by atoms with E-state index in [0.717, 1.165) is 32.5 Å². The summed E-state index contributed by atoms with van der Waals surface area (Å²) < 4.78 is 5.10. The molecule has 0 heterocycles. The van der Waals surface area contributed by atoms with Gasteiger partial charge in [-0.05, 0) is 43.4 Å². The molecule has 0 bridgehead atoms. The summed E-state index contributed by atoms with van der Waals surface area (Å²) in [6.45, 7) is 11.7. The third-order valence-electron chi connectivity index (χ3n) is 4.42. The molecule has 19 heavy (non-hydrogen) atoms. The Morgan fingerprint density at radius 2 is 1.79 bits per heavy atom. The third kappa shape index (κ3) is 4.05. The number of hydrogen-bond acceptors (Lipinski definition) is 2. The molecule has 0 amide bonds. The van der Waals surface area contributed by atoms with E-state index in [1.165, 1.54) is 16.7 Å². The number of rotatable bonds is 8. The second-order valence-corrected chi connectivity index (χ2v) is 5.46. The summed E-state index contributed by atoms with van der Waals surface area (Å²) in [6, 6.07) is 6.91. The second-order valence-electron chi connectivity index (χ2n) is 5.46. The SMILES string of the molecule is CCC(CC)(CNCCOC)c1ccc(C)c(C)c1. The average Bonchev–Trinajstić information content (AvgIpc) is 2.43. The predicted octanol–water partition coefficient (Wildman–Crippen LogP) is 3.60. The molecule has 0 saturated heterocycles. The summed E-state index contributed by atoms with van der Waals surface area (Å²) in [5, 5.41) is 3.54. The van der Waals surface area contributed by atoms with Crippen molar-refractivity contribution in [2.24, 2.45) is 0 Å². The van der Waals surface area contributed by atoms with Crippen LogP contribution in [-0.2, 0) is 10.2 Å². The Balaban J connectivity index is 2.87. The molecule has 0 aliphatic heterocycles. The van der Waals surface area contributed by atoms with Gasteiger partial charge in [-0.2, -0.15) is 0 Å². The van der Waals surface area contributed by atoms with Gasteiger partial charge in [0.1, 0.15) is 0 Å². The Bertz CT molecular complexity index is 383. The molecular formula is C17H29NO. The number of benzene rings is 1. The Hall–Kier alpha value is -0.860. The van der Waals surface area contributed by atoms with Crippen molar-refractivity contribution in [1.29, 1.82) is 0 Å². The van der Waals surface area contributed by atoms with Gasteiger partial charge in [0.05, 0.1) is 6.61 Å². The molecule has 0 aromatic heterocycles. The van der Waals surface area contributed by atoms with Crippen molar-refractivity contribution in [2.45, 2.75) is 46.0 Å². The number of aryl methyl sites for hydroxylation is 2. The van der Waals surface area contributed by atoms with Crippen LogP contribution in [0.15, 0.2) is 18.2 Å². The van der Waals surface area contributed by atoms with Gasteiger partial charge in [0.2, 0.25) is 0 Å². The normalized spacial score (nSPS) is 11.8. The molecular weight excluding hydrogens is 234 g/mol. The van der Waals surface area contributed by atoms with Crippen LogP contribution in [0.4, 0.5) is 0 Å². The molecule has 1 rings (SSSR count). The second kappa shape index (κ2) is 7.66. The van der Waals surface area contributed by atoms with Crippen molar-refractivity contribution in [1.82, 2.24) is 5.32 Å². The highest BCUT2D eigenvalue weighted by atomic mass is 16.5. The van der Waals surface area contributed by atoms with Crippen molar-refractivity contribution in [2.75, 3.05) is 26.8 Å². The van der Waals surface area contributed by atoms with Crippen molar-refractivity contribution < 1.29 is 4.74 Å². The van der Waals surface area contributed by atoms with Gasteiger partial charge in [0.25, 0.3) is 0 Å². The van der Waals surface area contributed by atoms with E-state index in [2.05, 4.69) is 51.2 Å². The van der Waals surface area contributed by atoms with Crippen LogP contribution in [0.2, 0.25) is 0 Å². The fourth-order valence-corrected chi connectivity index (χ4v) is 2.58. The third-order valence-corrected chi connectivity index (χ3v) is 4.42. The molecule has 0 radical (unpaired) electrons. The number of methoxy groups -OCH3 is 1. The molecule has 0 spiro atoms. The lowest BCUT2D eigenvalue weighted by atomic mass is 9.75. The van der Waals surface area contributed by atoms with Crippen LogP contribution < -0.4 is 5.32 Å². The molecule has 2 nitrogen and oxygen atoms in total.